The average molecular weight is 1060 g/mol. The van der Waals surface area contributed by atoms with Crippen LogP contribution in [0.5, 0.6) is 0 Å². The van der Waals surface area contributed by atoms with Crippen molar-refractivity contribution in [2.24, 2.45) is 0 Å². The van der Waals surface area contributed by atoms with Crippen LogP contribution in [0.4, 0.5) is 0 Å². The molecule has 0 aromatic heterocycles. The molecule has 0 rings (SSSR count). The molecule has 0 N–H and O–H groups in total. The van der Waals surface area contributed by atoms with E-state index < -0.39 is 24.0 Å². The van der Waals surface area contributed by atoms with Crippen LogP contribution in [0.15, 0.2) is 0 Å². The van der Waals surface area contributed by atoms with Gasteiger partial charge in [0.25, 0.3) is 0 Å². The van der Waals surface area contributed by atoms with Gasteiger partial charge in [-0.05, 0) is 64.7 Å². The summed E-state index contributed by atoms with van der Waals surface area (Å²) in [4.78, 5) is 28.1. The first-order valence-corrected chi connectivity index (χ1v) is 33.2. The van der Waals surface area contributed by atoms with E-state index in [-0.39, 0.29) is 37.7 Å². The van der Waals surface area contributed by atoms with E-state index in [0.717, 1.165) is 77.5 Å². The van der Waals surface area contributed by atoms with Crippen LogP contribution in [-0.2, 0) is 9.59 Å². The SMILES string of the molecule is CCCCCCCCCCCCCCN(CCCCCCCCCCCCCC)C(CCC)C(=O)[O-].CCCCCCCCCCCCCCN(CCCCCCCCCCCCCC)C(CCC)C(=O)[O-].[Ca+2]. The zero-order valence-corrected chi connectivity index (χ0v) is 53.2. The molecule has 73 heavy (non-hydrogen) atoms. The molecular weight excluding hydrogens is 925 g/mol. The van der Waals surface area contributed by atoms with Gasteiger partial charge in [-0.2, -0.15) is 0 Å². The molecule has 0 aliphatic heterocycles. The molecule has 0 aliphatic carbocycles. The summed E-state index contributed by atoms with van der Waals surface area (Å²) < 4.78 is 0. The number of carboxylic acids is 2. The molecule has 0 aromatic rings. The molecule has 0 saturated carbocycles. The summed E-state index contributed by atoms with van der Waals surface area (Å²) in [6, 6.07) is -0.786. The van der Waals surface area contributed by atoms with Crippen molar-refractivity contribution < 1.29 is 19.8 Å². The van der Waals surface area contributed by atoms with Crippen LogP contribution < -0.4 is 10.2 Å². The van der Waals surface area contributed by atoms with Crippen LogP contribution in [0, 0.1) is 0 Å². The number of unbranched alkanes of at least 4 members (excludes halogenated alkanes) is 44. The van der Waals surface area contributed by atoms with Crippen LogP contribution in [0.2, 0.25) is 0 Å². The summed E-state index contributed by atoms with van der Waals surface area (Å²) in [6.45, 7) is 17.0. The minimum atomic E-state index is -0.866. The minimum Gasteiger partial charge on any atom is -0.548 e. The molecule has 0 spiro atoms. The number of nitrogens with zero attached hydrogens (tertiary/aromatic N) is 2. The van der Waals surface area contributed by atoms with Crippen LogP contribution in [0.25, 0.3) is 0 Å². The summed E-state index contributed by atoms with van der Waals surface area (Å²) in [7, 11) is 0. The molecule has 0 heterocycles. The number of carbonyl (C=O) groups is 2. The molecule has 0 saturated heterocycles. The average Bonchev–Trinajstić information content (AvgIpc) is 3.37. The molecule has 0 fully saturated rings. The minimum absolute atomic E-state index is 0. The third-order valence-corrected chi connectivity index (χ3v) is 15.7. The topological polar surface area (TPSA) is 86.7 Å². The third kappa shape index (κ3) is 58.1. The van der Waals surface area contributed by atoms with Gasteiger partial charge in [-0.3, -0.25) is 9.80 Å². The number of hydrogen-bond donors (Lipinski definition) is 0. The van der Waals surface area contributed by atoms with Gasteiger partial charge < -0.3 is 19.8 Å². The number of rotatable bonds is 60. The van der Waals surface area contributed by atoms with Crippen molar-refractivity contribution in [2.75, 3.05) is 26.2 Å². The van der Waals surface area contributed by atoms with Gasteiger partial charge in [-0.1, -0.05) is 337 Å². The molecule has 2 atom stereocenters. The van der Waals surface area contributed by atoms with Gasteiger partial charge in [0, 0.05) is 12.1 Å². The second kappa shape index (κ2) is 66.4. The summed E-state index contributed by atoms with van der Waals surface area (Å²) in [5.41, 5.74) is 0. The third-order valence-electron chi connectivity index (χ3n) is 15.7. The molecule has 0 aliphatic rings. The van der Waals surface area contributed by atoms with Crippen LogP contribution in [0.1, 0.15) is 375 Å². The van der Waals surface area contributed by atoms with Gasteiger partial charge in [-0.25, -0.2) is 0 Å². The fourth-order valence-electron chi connectivity index (χ4n) is 10.9. The van der Waals surface area contributed by atoms with Gasteiger partial charge in [0.1, 0.15) is 0 Å². The molecule has 0 amide bonds. The first kappa shape index (κ1) is 77.4. The monoisotopic (exact) mass is 1060 g/mol. The van der Waals surface area contributed by atoms with E-state index in [4.69, 9.17) is 0 Å². The van der Waals surface area contributed by atoms with Crippen molar-refractivity contribution in [1.82, 2.24) is 9.80 Å². The second-order valence-corrected chi connectivity index (χ2v) is 22.9. The zero-order chi connectivity index (χ0) is 53.1. The predicted octanol–water partition coefficient (Wildman–Crippen LogP) is 18.8. The van der Waals surface area contributed by atoms with Crippen molar-refractivity contribution in [3.63, 3.8) is 0 Å². The van der Waals surface area contributed by atoms with Crippen LogP contribution in [-0.4, -0.2) is 97.7 Å². The molecule has 7 heteroatoms. The molecule has 0 aromatic carbocycles. The Hall–Kier alpha value is 0.120. The van der Waals surface area contributed by atoms with Gasteiger partial charge in [0.2, 0.25) is 0 Å². The largest absolute Gasteiger partial charge is 2.00 e. The Morgan fingerprint density at radius 2 is 0.384 bits per heavy atom. The molecular formula is C66H132CaN2O4. The van der Waals surface area contributed by atoms with E-state index in [1.54, 1.807) is 0 Å². The molecule has 6 nitrogen and oxygen atoms in total. The smallest absolute Gasteiger partial charge is 0.548 e. The summed E-state index contributed by atoms with van der Waals surface area (Å²) in [5, 5.41) is 23.6. The van der Waals surface area contributed by atoms with Gasteiger partial charge in [-0.15, -0.1) is 0 Å². The Morgan fingerprint density at radius 1 is 0.247 bits per heavy atom. The normalized spacial score (nSPS) is 12.3. The van der Waals surface area contributed by atoms with Crippen LogP contribution >= 0.6 is 0 Å². The molecule has 2 unspecified atom stereocenters. The van der Waals surface area contributed by atoms with Gasteiger partial charge in [0.05, 0.1) is 11.9 Å². The molecule has 432 valence electrons. The number of aliphatic carboxylic acids is 2. The fraction of sp³-hybridized carbons (Fsp3) is 0.970. The predicted molar refractivity (Wildman–Crippen MR) is 321 cm³/mol. The maximum atomic E-state index is 11.8. The molecule has 0 radical (unpaired) electrons. The second-order valence-electron chi connectivity index (χ2n) is 22.9. The van der Waals surface area contributed by atoms with Gasteiger partial charge >= 0.3 is 37.7 Å². The van der Waals surface area contributed by atoms with E-state index in [9.17, 15) is 19.8 Å². The zero-order valence-electron chi connectivity index (χ0n) is 51.0. The Balaban J connectivity index is -0.00000132. The van der Waals surface area contributed by atoms with Gasteiger partial charge in [0.15, 0.2) is 0 Å². The van der Waals surface area contributed by atoms with E-state index >= 15 is 0 Å². The van der Waals surface area contributed by atoms with Crippen molar-refractivity contribution in [3.8, 4) is 0 Å². The summed E-state index contributed by atoms with van der Waals surface area (Å²) in [5.74, 6) is -1.73. The first-order chi connectivity index (χ1) is 35.3. The Bertz CT molecular complexity index is 910. The quantitative estimate of drug-likeness (QED) is 0.0446. The molecule has 0 bridgehead atoms. The Kier molecular flexibility index (Phi) is 70.4. The number of hydrogen-bond acceptors (Lipinski definition) is 6. The number of carboxylic acid groups (broad SMARTS) is 2. The van der Waals surface area contributed by atoms with Crippen LogP contribution in [0.3, 0.4) is 0 Å². The fourth-order valence-corrected chi connectivity index (χ4v) is 10.9. The van der Waals surface area contributed by atoms with Crippen molar-refractivity contribution in [2.45, 2.75) is 388 Å². The first-order valence-electron chi connectivity index (χ1n) is 33.2. The van der Waals surface area contributed by atoms with E-state index in [2.05, 4.69) is 51.3 Å². The maximum Gasteiger partial charge on any atom is 2.00 e. The van der Waals surface area contributed by atoms with Crippen molar-refractivity contribution >= 4 is 49.7 Å². The standard InChI is InChI=1S/2C33H67NO2.Ca/c2*1-4-7-9-11-13-15-17-19-21-23-25-27-30-34(32(29-6-3)33(35)36)31-28-26-24-22-20-18-16-14-12-10-8-5-2;/h2*32H,4-31H2,1-3H3,(H,35,36);/q;;+2/p-2. The number of carbonyl (C=O) groups excluding carboxylic acids is 2. The summed E-state index contributed by atoms with van der Waals surface area (Å²) >= 11 is 0. The van der Waals surface area contributed by atoms with E-state index in [1.807, 2.05) is 0 Å². The van der Waals surface area contributed by atoms with E-state index in [1.165, 1.54) is 283 Å². The maximum absolute atomic E-state index is 11.8. The van der Waals surface area contributed by atoms with Crippen molar-refractivity contribution in [1.29, 1.82) is 0 Å². The summed E-state index contributed by atoms with van der Waals surface area (Å²) in [6.07, 6.45) is 67.8. The Labute approximate surface area is 489 Å². The van der Waals surface area contributed by atoms with Crippen molar-refractivity contribution in [3.05, 3.63) is 0 Å². The Morgan fingerprint density at radius 3 is 0.507 bits per heavy atom. The van der Waals surface area contributed by atoms with E-state index in [0.29, 0.717) is 0 Å².